The van der Waals surface area contributed by atoms with Crippen molar-refractivity contribution in [3.63, 3.8) is 0 Å². The van der Waals surface area contributed by atoms with E-state index >= 15 is 0 Å². The second-order valence-electron chi connectivity index (χ2n) is 6.43. The molecule has 0 radical (unpaired) electrons. The maximum Gasteiger partial charge on any atom is 0.324 e. The highest BCUT2D eigenvalue weighted by atomic mass is 19.1. The molecule has 3 heterocycles. The smallest absolute Gasteiger partial charge is 0.324 e. The number of halogens is 1. The first-order valence-electron chi connectivity index (χ1n) is 8.89. The normalized spacial score (nSPS) is 16.6. The van der Waals surface area contributed by atoms with Crippen LogP contribution in [0.2, 0.25) is 0 Å². The zero-order valence-corrected chi connectivity index (χ0v) is 15.1. The third-order valence-corrected chi connectivity index (χ3v) is 4.85. The van der Waals surface area contributed by atoms with Crippen LogP contribution in [-0.4, -0.2) is 62.4 Å². The van der Waals surface area contributed by atoms with Gasteiger partial charge < -0.3 is 19.3 Å². The number of carbonyl (C=O) groups excluding carboxylic acids is 1. The van der Waals surface area contributed by atoms with Gasteiger partial charge in [-0.25, -0.2) is 14.2 Å². The first-order chi connectivity index (χ1) is 13.2. The topological polar surface area (TPSA) is 58.1 Å². The Hall–Kier alpha value is -3.03. The number of benzene rings is 1. The average molecular weight is 372 g/mol. The molecule has 0 spiro atoms. The maximum atomic E-state index is 13.0. The lowest BCUT2D eigenvalue weighted by molar-refractivity contribution is 0.196. The molecule has 27 heavy (non-hydrogen) atoms. The number of fused-ring (bicyclic) bond motifs is 1. The molecule has 2 aliphatic heterocycles. The van der Waals surface area contributed by atoms with Gasteiger partial charge in [0, 0.05) is 32.2 Å². The van der Waals surface area contributed by atoms with E-state index < -0.39 is 0 Å². The van der Waals surface area contributed by atoms with Crippen LogP contribution in [0, 0.1) is 5.82 Å². The van der Waals surface area contributed by atoms with Gasteiger partial charge in [0.15, 0.2) is 0 Å². The third-order valence-electron chi connectivity index (χ3n) is 4.85. The second-order valence-corrected chi connectivity index (χ2v) is 6.43. The van der Waals surface area contributed by atoms with Gasteiger partial charge >= 0.3 is 6.03 Å². The van der Waals surface area contributed by atoms with Gasteiger partial charge in [-0.3, -0.25) is 4.90 Å². The number of urea groups is 1. The van der Waals surface area contributed by atoms with E-state index in [0.717, 1.165) is 11.5 Å². The van der Waals surface area contributed by atoms with Gasteiger partial charge in [-0.2, -0.15) is 0 Å². The minimum Gasteiger partial charge on any atom is -0.497 e. The number of hydrogen-bond acceptors (Lipinski definition) is 5. The van der Waals surface area contributed by atoms with Gasteiger partial charge in [0.05, 0.1) is 25.5 Å². The molecule has 7 nitrogen and oxygen atoms in total. The van der Waals surface area contributed by atoms with Crippen molar-refractivity contribution in [2.75, 3.05) is 56.2 Å². The molecule has 0 bridgehead atoms. The Morgan fingerprint density at radius 3 is 2.67 bits per heavy atom. The molecule has 1 fully saturated rings. The lowest BCUT2D eigenvalue weighted by Crippen LogP contribution is -2.54. The second kappa shape index (κ2) is 7.30. The molecule has 8 heteroatoms. The van der Waals surface area contributed by atoms with Crippen molar-refractivity contribution in [3.05, 3.63) is 42.3 Å². The fourth-order valence-corrected chi connectivity index (χ4v) is 3.38. The number of amides is 2. The number of methoxy groups -OCH3 is 1. The largest absolute Gasteiger partial charge is 0.497 e. The van der Waals surface area contributed by atoms with Crippen molar-refractivity contribution in [1.82, 2.24) is 9.88 Å². The fraction of sp³-hybridized carbons (Fsp3) is 0.368. The highest BCUT2D eigenvalue weighted by Gasteiger charge is 2.30. The SMILES string of the molecule is COc1ccc2c(c1)OCCN2C(=O)N1CCN(c2ccc(F)cn2)CC1. The van der Waals surface area contributed by atoms with Crippen LogP contribution in [0.4, 0.5) is 20.7 Å². The molecule has 1 aromatic heterocycles. The predicted molar refractivity (Wildman–Crippen MR) is 99.2 cm³/mol. The molecule has 1 aromatic carbocycles. The summed E-state index contributed by atoms with van der Waals surface area (Å²) in [6.45, 7) is 3.44. The number of piperazine rings is 1. The molecule has 0 unspecified atom stereocenters. The summed E-state index contributed by atoms with van der Waals surface area (Å²) in [6, 6.07) is 8.51. The highest BCUT2D eigenvalue weighted by molar-refractivity contribution is 5.94. The summed E-state index contributed by atoms with van der Waals surface area (Å²) < 4.78 is 23.9. The van der Waals surface area contributed by atoms with Crippen molar-refractivity contribution in [2.24, 2.45) is 0 Å². The number of rotatable bonds is 2. The number of aromatic nitrogens is 1. The Bertz CT molecular complexity index is 822. The van der Waals surface area contributed by atoms with E-state index in [1.807, 2.05) is 17.0 Å². The van der Waals surface area contributed by atoms with Crippen LogP contribution in [0.15, 0.2) is 36.5 Å². The molecule has 2 aliphatic rings. The first kappa shape index (κ1) is 17.4. The minimum absolute atomic E-state index is 0.0311. The molecule has 0 saturated carbocycles. The zero-order valence-electron chi connectivity index (χ0n) is 15.1. The van der Waals surface area contributed by atoms with Crippen LogP contribution >= 0.6 is 0 Å². The molecule has 0 atom stereocenters. The molecule has 1 saturated heterocycles. The van der Waals surface area contributed by atoms with E-state index in [0.29, 0.717) is 50.8 Å². The van der Waals surface area contributed by atoms with Crippen LogP contribution in [0.25, 0.3) is 0 Å². The average Bonchev–Trinajstić information content (AvgIpc) is 2.73. The Morgan fingerprint density at radius 1 is 1.15 bits per heavy atom. The molecular weight excluding hydrogens is 351 g/mol. The summed E-state index contributed by atoms with van der Waals surface area (Å²) in [5.41, 5.74) is 0.759. The molecule has 0 aliphatic carbocycles. The van der Waals surface area contributed by atoms with Crippen molar-refractivity contribution < 1.29 is 18.7 Å². The van der Waals surface area contributed by atoms with Crippen molar-refractivity contribution in [2.45, 2.75) is 0 Å². The molecule has 142 valence electrons. The Kier molecular flexibility index (Phi) is 4.70. The highest BCUT2D eigenvalue weighted by Crippen LogP contribution is 2.35. The lowest BCUT2D eigenvalue weighted by atomic mass is 10.2. The van der Waals surface area contributed by atoms with Gasteiger partial charge in [0.25, 0.3) is 0 Å². The van der Waals surface area contributed by atoms with Crippen molar-refractivity contribution >= 4 is 17.5 Å². The lowest BCUT2D eigenvalue weighted by Gasteiger charge is -2.39. The Balaban J connectivity index is 1.44. The van der Waals surface area contributed by atoms with E-state index in [9.17, 15) is 9.18 Å². The third kappa shape index (κ3) is 3.47. The fourth-order valence-electron chi connectivity index (χ4n) is 3.38. The summed E-state index contributed by atoms with van der Waals surface area (Å²) in [5, 5.41) is 0. The summed E-state index contributed by atoms with van der Waals surface area (Å²) in [6.07, 6.45) is 1.21. The quantitative estimate of drug-likeness (QED) is 0.810. The number of carbonyl (C=O) groups is 1. The van der Waals surface area contributed by atoms with Crippen LogP contribution in [0.5, 0.6) is 11.5 Å². The monoisotopic (exact) mass is 372 g/mol. The van der Waals surface area contributed by atoms with E-state index in [-0.39, 0.29) is 11.8 Å². The molecular formula is C19H21FN4O3. The Labute approximate surface area is 156 Å². The van der Waals surface area contributed by atoms with Crippen molar-refractivity contribution in [3.8, 4) is 11.5 Å². The number of ether oxygens (including phenoxy) is 2. The van der Waals surface area contributed by atoms with Gasteiger partial charge in [-0.15, -0.1) is 0 Å². The summed E-state index contributed by atoms with van der Waals surface area (Å²) in [7, 11) is 1.60. The standard InChI is InChI=1S/C19H21FN4O3/c1-26-15-3-4-16-17(12-15)27-11-10-24(16)19(25)23-8-6-22(7-9-23)18-5-2-14(20)13-21-18/h2-5,12-13H,6-11H2,1H3. The minimum atomic E-state index is -0.352. The molecule has 4 rings (SSSR count). The van der Waals surface area contributed by atoms with Crippen LogP contribution in [-0.2, 0) is 0 Å². The summed E-state index contributed by atoms with van der Waals surface area (Å²) >= 11 is 0. The van der Waals surface area contributed by atoms with Gasteiger partial charge in [0.2, 0.25) is 0 Å². The van der Waals surface area contributed by atoms with E-state index in [1.165, 1.54) is 12.3 Å². The van der Waals surface area contributed by atoms with E-state index in [2.05, 4.69) is 9.88 Å². The first-order valence-corrected chi connectivity index (χ1v) is 8.89. The van der Waals surface area contributed by atoms with Crippen LogP contribution in [0.1, 0.15) is 0 Å². The van der Waals surface area contributed by atoms with Crippen LogP contribution < -0.4 is 19.3 Å². The summed E-state index contributed by atoms with van der Waals surface area (Å²) in [5.74, 6) is 1.73. The zero-order chi connectivity index (χ0) is 18.8. The van der Waals surface area contributed by atoms with E-state index in [1.54, 1.807) is 24.1 Å². The molecule has 2 aromatic rings. The maximum absolute atomic E-state index is 13.0. The van der Waals surface area contributed by atoms with Gasteiger partial charge in [0.1, 0.15) is 29.7 Å². The number of pyridine rings is 1. The van der Waals surface area contributed by atoms with Gasteiger partial charge in [-0.1, -0.05) is 0 Å². The molecule has 0 N–H and O–H groups in total. The van der Waals surface area contributed by atoms with Crippen molar-refractivity contribution in [1.29, 1.82) is 0 Å². The molecule has 2 amide bonds. The predicted octanol–water partition coefficient (Wildman–Crippen LogP) is 2.37. The Morgan fingerprint density at radius 2 is 1.96 bits per heavy atom. The van der Waals surface area contributed by atoms with Crippen LogP contribution in [0.3, 0.4) is 0 Å². The number of anilines is 2. The summed E-state index contributed by atoms with van der Waals surface area (Å²) in [4.78, 5) is 22.8. The van der Waals surface area contributed by atoms with E-state index in [4.69, 9.17) is 9.47 Å². The number of nitrogens with zero attached hydrogens (tertiary/aromatic N) is 4. The number of hydrogen-bond donors (Lipinski definition) is 0. The van der Waals surface area contributed by atoms with Gasteiger partial charge in [-0.05, 0) is 24.3 Å².